The Morgan fingerprint density at radius 1 is 1.47 bits per heavy atom. The largest absolute Gasteiger partial charge is 0.325 e. The average Bonchev–Trinajstić information content (AvgIpc) is 2.26. The van der Waals surface area contributed by atoms with E-state index in [9.17, 15) is 0 Å². The van der Waals surface area contributed by atoms with E-state index in [0.29, 0.717) is 6.54 Å². The van der Waals surface area contributed by atoms with Gasteiger partial charge in [0.2, 0.25) is 0 Å². The first-order valence-electron chi connectivity index (χ1n) is 5.58. The number of pyridine rings is 1. The first-order chi connectivity index (χ1) is 7.26. The van der Waals surface area contributed by atoms with E-state index in [1.165, 1.54) is 18.4 Å². The molecule has 1 aromatic rings. The van der Waals surface area contributed by atoms with Gasteiger partial charge in [0.25, 0.3) is 0 Å². The van der Waals surface area contributed by atoms with Gasteiger partial charge in [-0.15, -0.1) is 0 Å². The molecule has 84 valence electrons. The summed E-state index contributed by atoms with van der Waals surface area (Å²) in [5.74, 6) is 0. The topological polar surface area (TPSA) is 42.2 Å². The van der Waals surface area contributed by atoms with Crippen LogP contribution in [0.2, 0.25) is 0 Å². The summed E-state index contributed by atoms with van der Waals surface area (Å²) in [6.45, 7) is 4.87. The molecule has 0 aliphatic heterocycles. The minimum absolute atomic E-state index is 0.520. The van der Waals surface area contributed by atoms with Crippen molar-refractivity contribution in [2.75, 3.05) is 13.6 Å². The molecule has 3 heteroatoms. The molecule has 0 bridgehead atoms. The highest BCUT2D eigenvalue weighted by Crippen LogP contribution is 2.05. The lowest BCUT2D eigenvalue weighted by Crippen LogP contribution is -2.19. The lowest BCUT2D eigenvalue weighted by atomic mass is 10.2. The number of hydrogen-bond acceptors (Lipinski definition) is 3. The third-order valence-corrected chi connectivity index (χ3v) is 2.44. The zero-order valence-corrected chi connectivity index (χ0v) is 9.74. The van der Waals surface area contributed by atoms with E-state index in [1.54, 1.807) is 0 Å². The van der Waals surface area contributed by atoms with E-state index in [4.69, 9.17) is 5.73 Å². The third-order valence-electron chi connectivity index (χ3n) is 2.44. The molecule has 15 heavy (non-hydrogen) atoms. The maximum atomic E-state index is 5.55. The van der Waals surface area contributed by atoms with Gasteiger partial charge in [0, 0.05) is 19.3 Å². The van der Waals surface area contributed by atoms with Gasteiger partial charge in [-0.05, 0) is 37.7 Å². The van der Waals surface area contributed by atoms with Crippen molar-refractivity contribution in [2.24, 2.45) is 5.73 Å². The predicted octanol–water partition coefficient (Wildman–Crippen LogP) is 1.77. The third kappa shape index (κ3) is 4.40. The summed E-state index contributed by atoms with van der Waals surface area (Å²) in [7, 11) is 2.15. The van der Waals surface area contributed by atoms with Crippen molar-refractivity contribution in [3.05, 3.63) is 29.6 Å². The van der Waals surface area contributed by atoms with Crippen molar-refractivity contribution in [2.45, 2.75) is 32.9 Å². The van der Waals surface area contributed by atoms with Crippen LogP contribution < -0.4 is 5.73 Å². The molecule has 1 heterocycles. The van der Waals surface area contributed by atoms with E-state index in [0.717, 1.165) is 18.8 Å². The van der Waals surface area contributed by atoms with Crippen LogP contribution in [0.4, 0.5) is 0 Å². The average molecular weight is 207 g/mol. The highest BCUT2D eigenvalue weighted by molar-refractivity contribution is 5.16. The van der Waals surface area contributed by atoms with E-state index < -0.39 is 0 Å². The van der Waals surface area contributed by atoms with Crippen LogP contribution in [0.25, 0.3) is 0 Å². The summed E-state index contributed by atoms with van der Waals surface area (Å²) in [5, 5.41) is 0. The maximum Gasteiger partial charge on any atom is 0.0542 e. The lowest BCUT2D eigenvalue weighted by Gasteiger charge is -2.16. The first-order valence-corrected chi connectivity index (χ1v) is 5.58. The smallest absolute Gasteiger partial charge is 0.0542 e. The first kappa shape index (κ1) is 12.1. The van der Waals surface area contributed by atoms with Crippen molar-refractivity contribution in [1.82, 2.24) is 9.88 Å². The van der Waals surface area contributed by atoms with Crippen LogP contribution in [0.5, 0.6) is 0 Å². The lowest BCUT2D eigenvalue weighted by molar-refractivity contribution is 0.320. The number of nitrogens with two attached hydrogens (primary N) is 1. The molecule has 0 aromatic carbocycles. The summed E-state index contributed by atoms with van der Waals surface area (Å²) in [6, 6.07) is 4.14. The van der Waals surface area contributed by atoms with Crippen molar-refractivity contribution >= 4 is 0 Å². The van der Waals surface area contributed by atoms with Crippen molar-refractivity contribution in [3.63, 3.8) is 0 Å². The molecule has 1 rings (SSSR count). The molecule has 0 amide bonds. The fourth-order valence-electron chi connectivity index (χ4n) is 1.56. The Hall–Kier alpha value is -0.930. The monoisotopic (exact) mass is 207 g/mol. The molecule has 0 spiro atoms. The molecule has 0 fully saturated rings. The summed E-state index contributed by atoms with van der Waals surface area (Å²) in [4.78, 5) is 6.52. The molecule has 3 nitrogen and oxygen atoms in total. The van der Waals surface area contributed by atoms with Crippen LogP contribution in [0.15, 0.2) is 18.3 Å². The molecule has 2 N–H and O–H groups in total. The normalized spacial score (nSPS) is 10.9. The molecular formula is C12H21N3. The fraction of sp³-hybridized carbons (Fsp3) is 0.583. The minimum atomic E-state index is 0.520. The van der Waals surface area contributed by atoms with Gasteiger partial charge in [-0.1, -0.05) is 13.3 Å². The van der Waals surface area contributed by atoms with Crippen molar-refractivity contribution < 1.29 is 0 Å². The van der Waals surface area contributed by atoms with Gasteiger partial charge in [-0.2, -0.15) is 0 Å². The van der Waals surface area contributed by atoms with Crippen molar-refractivity contribution in [3.8, 4) is 0 Å². The van der Waals surface area contributed by atoms with Crippen molar-refractivity contribution in [1.29, 1.82) is 0 Å². The summed E-state index contributed by atoms with van der Waals surface area (Å²) in [5.41, 5.74) is 7.82. The summed E-state index contributed by atoms with van der Waals surface area (Å²) >= 11 is 0. The van der Waals surface area contributed by atoms with E-state index in [1.807, 2.05) is 6.20 Å². The van der Waals surface area contributed by atoms with E-state index >= 15 is 0 Å². The molecule has 0 aliphatic carbocycles. The second kappa shape index (κ2) is 6.53. The van der Waals surface area contributed by atoms with Crippen LogP contribution in [0.1, 0.15) is 31.0 Å². The van der Waals surface area contributed by atoms with Gasteiger partial charge >= 0.3 is 0 Å². The number of rotatable bonds is 6. The van der Waals surface area contributed by atoms with E-state index in [-0.39, 0.29) is 0 Å². The highest BCUT2D eigenvalue weighted by Gasteiger charge is 2.00. The highest BCUT2D eigenvalue weighted by atomic mass is 15.1. The fourth-order valence-corrected chi connectivity index (χ4v) is 1.56. The van der Waals surface area contributed by atoms with Crippen LogP contribution in [0, 0.1) is 0 Å². The second-order valence-electron chi connectivity index (χ2n) is 3.95. The Balaban J connectivity index is 2.48. The zero-order valence-electron chi connectivity index (χ0n) is 9.74. The van der Waals surface area contributed by atoms with E-state index in [2.05, 4.69) is 36.0 Å². The maximum absolute atomic E-state index is 5.55. The van der Waals surface area contributed by atoms with Crippen LogP contribution in [0.3, 0.4) is 0 Å². The van der Waals surface area contributed by atoms with Crippen LogP contribution in [-0.4, -0.2) is 23.5 Å². The Labute approximate surface area is 92.3 Å². The Morgan fingerprint density at radius 3 is 2.93 bits per heavy atom. The number of hydrogen-bond donors (Lipinski definition) is 1. The van der Waals surface area contributed by atoms with Gasteiger partial charge in [0.1, 0.15) is 0 Å². The van der Waals surface area contributed by atoms with Crippen LogP contribution in [-0.2, 0) is 13.1 Å². The molecule has 0 unspecified atom stereocenters. The summed E-state index contributed by atoms with van der Waals surface area (Å²) < 4.78 is 0. The number of nitrogens with zero attached hydrogens (tertiary/aromatic N) is 2. The number of unbranched alkanes of at least 4 members (excludes halogenated alkanes) is 1. The molecule has 0 saturated carbocycles. The Morgan fingerprint density at radius 2 is 2.27 bits per heavy atom. The van der Waals surface area contributed by atoms with Gasteiger partial charge in [0.05, 0.1) is 5.69 Å². The van der Waals surface area contributed by atoms with Crippen LogP contribution >= 0.6 is 0 Å². The van der Waals surface area contributed by atoms with Gasteiger partial charge < -0.3 is 10.6 Å². The van der Waals surface area contributed by atoms with Gasteiger partial charge in [-0.25, -0.2) is 0 Å². The predicted molar refractivity (Wildman–Crippen MR) is 63.4 cm³/mol. The Bertz CT molecular complexity index is 286. The van der Waals surface area contributed by atoms with Gasteiger partial charge in [0.15, 0.2) is 0 Å². The quantitative estimate of drug-likeness (QED) is 0.773. The minimum Gasteiger partial charge on any atom is -0.325 e. The molecule has 1 aromatic heterocycles. The molecule has 0 radical (unpaired) electrons. The molecule has 0 saturated heterocycles. The summed E-state index contributed by atoms with van der Waals surface area (Å²) in [6.07, 6.45) is 4.34. The standard InChI is InChI=1S/C12H21N3/c1-3-4-7-15(2)10-11-5-6-14-12(8-11)9-13/h5-6,8H,3-4,7,9-10,13H2,1-2H3. The zero-order chi connectivity index (χ0) is 11.1. The Kier molecular flexibility index (Phi) is 5.29. The number of aromatic nitrogens is 1. The van der Waals surface area contributed by atoms with Gasteiger partial charge in [-0.3, -0.25) is 4.98 Å². The second-order valence-corrected chi connectivity index (χ2v) is 3.95. The molecule has 0 aliphatic rings. The SMILES string of the molecule is CCCCN(C)Cc1ccnc(CN)c1. The molecule has 0 atom stereocenters. The molecular weight excluding hydrogens is 186 g/mol.